The smallest absolute Gasteiger partial charge is 0.261 e. The van der Waals surface area contributed by atoms with Crippen molar-refractivity contribution < 1.29 is 13.5 Å². The maximum Gasteiger partial charge on any atom is 0.261 e. The third kappa shape index (κ3) is 2.93. The maximum absolute atomic E-state index is 12.6. The van der Waals surface area contributed by atoms with Crippen molar-refractivity contribution in [2.75, 3.05) is 4.72 Å². The minimum absolute atomic E-state index is 0.0648. The fourth-order valence-electron chi connectivity index (χ4n) is 2.22. The van der Waals surface area contributed by atoms with Crippen molar-refractivity contribution in [3.05, 3.63) is 53.9 Å². The molecule has 0 aliphatic carbocycles. The number of phenols is 1. The van der Waals surface area contributed by atoms with Gasteiger partial charge in [0, 0.05) is 5.56 Å². The molecular formula is C15H15N5O3S. The van der Waals surface area contributed by atoms with Crippen LogP contribution in [0.1, 0.15) is 11.1 Å². The molecule has 0 unspecified atom stereocenters. The summed E-state index contributed by atoms with van der Waals surface area (Å²) in [6, 6.07) is 9.50. The molecule has 0 bridgehead atoms. The molecule has 3 aromatic rings. The van der Waals surface area contributed by atoms with Gasteiger partial charge in [0.15, 0.2) is 0 Å². The van der Waals surface area contributed by atoms with E-state index >= 15 is 0 Å². The van der Waals surface area contributed by atoms with Crippen molar-refractivity contribution in [1.82, 2.24) is 20.2 Å². The first kappa shape index (κ1) is 15.9. The lowest BCUT2D eigenvalue weighted by Crippen LogP contribution is -2.14. The lowest BCUT2D eigenvalue weighted by Gasteiger charge is -2.13. The summed E-state index contributed by atoms with van der Waals surface area (Å²) in [5, 5.41) is 20.8. The van der Waals surface area contributed by atoms with Gasteiger partial charge in [0.2, 0.25) is 0 Å². The summed E-state index contributed by atoms with van der Waals surface area (Å²) in [6.45, 7) is 3.40. The molecule has 0 fully saturated rings. The minimum atomic E-state index is -3.82. The molecule has 2 aromatic carbocycles. The van der Waals surface area contributed by atoms with E-state index in [4.69, 9.17) is 0 Å². The van der Waals surface area contributed by atoms with E-state index in [-0.39, 0.29) is 10.6 Å². The van der Waals surface area contributed by atoms with Crippen LogP contribution in [0.4, 0.5) is 5.69 Å². The molecular weight excluding hydrogens is 330 g/mol. The summed E-state index contributed by atoms with van der Waals surface area (Å²) < 4.78 is 29.1. The van der Waals surface area contributed by atoms with E-state index in [1.807, 2.05) is 0 Å². The van der Waals surface area contributed by atoms with Crippen LogP contribution in [0.25, 0.3) is 5.69 Å². The second kappa shape index (κ2) is 5.93. The summed E-state index contributed by atoms with van der Waals surface area (Å²) in [5.41, 5.74) is 1.99. The van der Waals surface area contributed by atoms with E-state index in [9.17, 15) is 13.5 Å². The van der Waals surface area contributed by atoms with Crippen LogP contribution in [0, 0.1) is 13.8 Å². The Morgan fingerprint density at radius 2 is 1.96 bits per heavy atom. The van der Waals surface area contributed by atoms with Crippen molar-refractivity contribution in [2.45, 2.75) is 18.7 Å². The highest BCUT2D eigenvalue weighted by Crippen LogP contribution is 2.29. The molecule has 0 aliphatic heterocycles. The molecule has 24 heavy (non-hydrogen) atoms. The molecule has 1 heterocycles. The molecule has 0 saturated carbocycles. The number of nitrogens with one attached hydrogen (secondary N) is 1. The van der Waals surface area contributed by atoms with Gasteiger partial charge >= 0.3 is 0 Å². The largest absolute Gasteiger partial charge is 0.507 e. The van der Waals surface area contributed by atoms with Gasteiger partial charge in [-0.25, -0.2) is 13.1 Å². The first-order valence-electron chi connectivity index (χ1n) is 7.04. The summed E-state index contributed by atoms with van der Waals surface area (Å²) in [5.74, 6) is 0.0673. The number of hydrogen-bond acceptors (Lipinski definition) is 6. The SMILES string of the molecule is Cc1ccc(NS(=O)(=O)c2cccc(-n3cnnn3)c2)c(C)c1O. The van der Waals surface area contributed by atoms with Crippen LogP contribution in [0.15, 0.2) is 47.6 Å². The lowest BCUT2D eigenvalue weighted by atomic mass is 10.1. The Labute approximate surface area is 138 Å². The highest BCUT2D eigenvalue weighted by atomic mass is 32.2. The van der Waals surface area contributed by atoms with E-state index in [0.717, 1.165) is 0 Å². The molecule has 1 aromatic heterocycles. The fourth-order valence-corrected chi connectivity index (χ4v) is 3.38. The third-order valence-electron chi connectivity index (χ3n) is 3.62. The lowest BCUT2D eigenvalue weighted by molar-refractivity contribution is 0.467. The molecule has 8 nitrogen and oxygen atoms in total. The minimum Gasteiger partial charge on any atom is -0.507 e. The number of rotatable bonds is 4. The molecule has 3 rings (SSSR count). The Balaban J connectivity index is 1.97. The standard InChI is InChI=1S/C15H15N5O3S/c1-10-6-7-14(11(2)15(10)21)17-24(22,23)13-5-3-4-12(8-13)20-9-16-18-19-20/h3-9,17,21H,1-2H3. The monoisotopic (exact) mass is 345 g/mol. The van der Waals surface area contributed by atoms with Crippen molar-refractivity contribution >= 4 is 15.7 Å². The van der Waals surface area contributed by atoms with Crippen molar-refractivity contribution in [1.29, 1.82) is 0 Å². The topological polar surface area (TPSA) is 110 Å². The van der Waals surface area contributed by atoms with E-state index in [1.165, 1.54) is 23.1 Å². The molecule has 0 atom stereocenters. The number of anilines is 1. The predicted octanol–water partition coefficient (Wildman–Crippen LogP) is 1.79. The molecule has 124 valence electrons. The Morgan fingerprint density at radius 1 is 1.17 bits per heavy atom. The van der Waals surface area contributed by atoms with Crippen molar-refractivity contribution in [2.24, 2.45) is 0 Å². The van der Waals surface area contributed by atoms with Gasteiger partial charge in [-0.15, -0.1) is 5.10 Å². The van der Waals surface area contributed by atoms with Crippen LogP contribution in [0.3, 0.4) is 0 Å². The fraction of sp³-hybridized carbons (Fsp3) is 0.133. The van der Waals surface area contributed by atoms with Crippen LogP contribution in [0.2, 0.25) is 0 Å². The summed E-state index contributed by atoms with van der Waals surface area (Å²) >= 11 is 0. The van der Waals surface area contributed by atoms with Gasteiger partial charge in [-0.1, -0.05) is 12.1 Å². The predicted molar refractivity (Wildman–Crippen MR) is 87.5 cm³/mol. The Kier molecular flexibility index (Phi) is 3.94. The number of tetrazole rings is 1. The van der Waals surface area contributed by atoms with E-state index in [1.54, 1.807) is 38.1 Å². The van der Waals surface area contributed by atoms with Gasteiger partial charge in [-0.05, 0) is 54.1 Å². The van der Waals surface area contributed by atoms with Gasteiger partial charge in [0.25, 0.3) is 10.0 Å². The van der Waals surface area contributed by atoms with Gasteiger partial charge < -0.3 is 5.11 Å². The second-order valence-electron chi connectivity index (χ2n) is 5.26. The zero-order chi connectivity index (χ0) is 17.3. The maximum atomic E-state index is 12.6. The zero-order valence-electron chi connectivity index (χ0n) is 13.0. The van der Waals surface area contributed by atoms with Crippen LogP contribution in [0.5, 0.6) is 5.75 Å². The number of aromatic nitrogens is 4. The third-order valence-corrected chi connectivity index (χ3v) is 4.98. The van der Waals surface area contributed by atoms with Gasteiger partial charge in [0.1, 0.15) is 12.1 Å². The van der Waals surface area contributed by atoms with Gasteiger partial charge in [-0.3, -0.25) is 4.72 Å². The number of nitrogens with zero attached hydrogens (tertiary/aromatic N) is 4. The van der Waals surface area contributed by atoms with Gasteiger partial charge in [-0.2, -0.15) is 0 Å². The van der Waals surface area contributed by atoms with E-state index in [2.05, 4.69) is 20.2 Å². The van der Waals surface area contributed by atoms with Gasteiger partial charge in [0.05, 0.1) is 16.3 Å². The highest BCUT2D eigenvalue weighted by Gasteiger charge is 2.17. The molecule has 0 aliphatic rings. The zero-order valence-corrected chi connectivity index (χ0v) is 13.8. The van der Waals surface area contributed by atoms with Crippen molar-refractivity contribution in [3.8, 4) is 11.4 Å². The van der Waals surface area contributed by atoms with Crippen LogP contribution < -0.4 is 4.72 Å². The molecule has 0 saturated heterocycles. The highest BCUT2D eigenvalue weighted by molar-refractivity contribution is 7.92. The quantitative estimate of drug-likeness (QED) is 0.746. The number of aromatic hydroxyl groups is 1. The number of aryl methyl sites for hydroxylation is 1. The number of hydrogen-bond donors (Lipinski definition) is 2. The van der Waals surface area contributed by atoms with E-state index < -0.39 is 10.0 Å². The van der Waals surface area contributed by atoms with Crippen LogP contribution in [-0.2, 0) is 10.0 Å². The number of phenolic OH excluding ortho intramolecular Hbond substituents is 1. The molecule has 0 radical (unpaired) electrons. The molecule has 0 spiro atoms. The number of sulfonamides is 1. The second-order valence-corrected chi connectivity index (χ2v) is 6.94. The first-order chi connectivity index (χ1) is 11.4. The van der Waals surface area contributed by atoms with Crippen LogP contribution in [-0.4, -0.2) is 33.7 Å². The molecule has 9 heteroatoms. The normalized spacial score (nSPS) is 11.4. The van der Waals surface area contributed by atoms with E-state index in [0.29, 0.717) is 22.5 Å². The molecule has 2 N–H and O–H groups in total. The first-order valence-corrected chi connectivity index (χ1v) is 8.52. The Morgan fingerprint density at radius 3 is 2.67 bits per heavy atom. The van der Waals surface area contributed by atoms with Crippen molar-refractivity contribution in [3.63, 3.8) is 0 Å². The average Bonchev–Trinajstić information content (AvgIpc) is 3.10. The molecule has 0 amide bonds. The average molecular weight is 345 g/mol. The number of benzene rings is 2. The Hall–Kier alpha value is -2.94. The summed E-state index contributed by atoms with van der Waals surface area (Å²) in [6.07, 6.45) is 1.38. The summed E-state index contributed by atoms with van der Waals surface area (Å²) in [7, 11) is -3.82. The summed E-state index contributed by atoms with van der Waals surface area (Å²) in [4.78, 5) is 0.0648. The van der Waals surface area contributed by atoms with Crippen LogP contribution >= 0.6 is 0 Å². The Bertz CT molecular complexity index is 984.